The minimum absolute atomic E-state index is 0.103. The quantitative estimate of drug-likeness (QED) is 0.221. The minimum atomic E-state index is -0.961. The van der Waals surface area contributed by atoms with Crippen molar-refractivity contribution in [1.82, 2.24) is 20.0 Å². The lowest BCUT2D eigenvalue weighted by molar-refractivity contribution is -0.136. The number of hydrogen-bond donors (Lipinski definition) is 3. The number of nitrogens with one attached hydrogen (secondary N) is 3. The number of fused-ring (bicyclic) bond motifs is 1. The van der Waals surface area contributed by atoms with Crippen molar-refractivity contribution in [2.45, 2.75) is 102 Å². The van der Waals surface area contributed by atoms with Crippen molar-refractivity contribution in [3.05, 3.63) is 65.5 Å². The Morgan fingerprint density at radius 2 is 1.62 bits per heavy atom. The number of benzene rings is 2. The molecule has 1 atom stereocenters. The molecule has 3 N–H and O–H groups in total. The Labute approximate surface area is 281 Å². The van der Waals surface area contributed by atoms with Crippen LogP contribution in [0.3, 0.4) is 0 Å². The van der Waals surface area contributed by atoms with Gasteiger partial charge >= 0.3 is 0 Å². The van der Waals surface area contributed by atoms with Gasteiger partial charge < -0.3 is 10.6 Å². The van der Waals surface area contributed by atoms with Gasteiger partial charge in [0.1, 0.15) is 6.04 Å². The fourth-order valence-corrected chi connectivity index (χ4v) is 8.13. The number of hydrogen-bond acceptors (Lipinski definition) is 7. The van der Waals surface area contributed by atoms with Gasteiger partial charge in [0, 0.05) is 48.1 Å². The molecule has 1 unspecified atom stereocenters. The molecule has 2 aromatic carbocycles. The van der Waals surface area contributed by atoms with E-state index in [1.165, 1.54) is 67.5 Å². The average Bonchev–Trinajstić information content (AvgIpc) is 3.78. The van der Waals surface area contributed by atoms with Crippen molar-refractivity contribution in [3.8, 4) is 11.1 Å². The van der Waals surface area contributed by atoms with E-state index < -0.39 is 23.8 Å². The molecule has 8 rings (SSSR count). The topological polar surface area (TPSA) is 125 Å². The largest absolute Gasteiger partial charge is 0.385 e. The summed E-state index contributed by atoms with van der Waals surface area (Å²) in [7, 11) is 0. The number of rotatable bonds is 10. The van der Waals surface area contributed by atoms with Gasteiger partial charge in [-0.2, -0.15) is 5.10 Å². The molecule has 4 fully saturated rings. The van der Waals surface area contributed by atoms with Crippen molar-refractivity contribution in [1.29, 1.82) is 0 Å². The molecule has 0 radical (unpaired) electrons. The average molecular weight is 649 g/mol. The van der Waals surface area contributed by atoms with Gasteiger partial charge in [0.2, 0.25) is 11.8 Å². The SMILES string of the molecule is CCC1CCC(Nc2cccc(-c3cn(C4CC(CNc5ccc6c(c5)C(=O)N(C5CCC(=O)NC5=O)C6=O)C4)nc3C3CC3)c2)CC1. The van der Waals surface area contributed by atoms with Gasteiger partial charge in [-0.25, -0.2) is 0 Å². The first kappa shape index (κ1) is 30.8. The minimum Gasteiger partial charge on any atom is -0.385 e. The van der Waals surface area contributed by atoms with Crippen molar-refractivity contribution in [2.24, 2.45) is 11.8 Å². The number of anilines is 2. The van der Waals surface area contributed by atoms with E-state index in [-0.39, 0.29) is 18.7 Å². The number of amides is 4. The van der Waals surface area contributed by atoms with Crippen molar-refractivity contribution < 1.29 is 19.2 Å². The second-order valence-electron chi connectivity index (χ2n) is 14.6. The molecule has 10 heteroatoms. The molecular formula is C38H44N6O4. The van der Waals surface area contributed by atoms with Gasteiger partial charge in [-0.1, -0.05) is 25.5 Å². The van der Waals surface area contributed by atoms with E-state index in [4.69, 9.17) is 5.10 Å². The second-order valence-corrected chi connectivity index (χ2v) is 14.6. The smallest absolute Gasteiger partial charge is 0.262 e. The summed E-state index contributed by atoms with van der Waals surface area (Å²) in [5, 5.41) is 14.7. The van der Waals surface area contributed by atoms with Gasteiger partial charge in [-0.05, 0) is 106 Å². The van der Waals surface area contributed by atoms with E-state index in [2.05, 4.69) is 58.0 Å². The number of nitrogens with zero attached hydrogens (tertiary/aromatic N) is 3. The zero-order valence-electron chi connectivity index (χ0n) is 27.5. The van der Waals surface area contributed by atoms with Crippen LogP contribution in [0.15, 0.2) is 48.7 Å². The molecule has 3 aliphatic carbocycles. The third-order valence-corrected chi connectivity index (χ3v) is 11.3. The first-order valence-corrected chi connectivity index (χ1v) is 17.9. The number of aromatic nitrogens is 2. The fourth-order valence-electron chi connectivity index (χ4n) is 8.13. The Kier molecular flexibility index (Phi) is 8.05. The van der Waals surface area contributed by atoms with Crippen LogP contribution < -0.4 is 16.0 Å². The molecule has 5 aliphatic rings. The van der Waals surface area contributed by atoms with Crippen molar-refractivity contribution in [3.63, 3.8) is 0 Å². The Morgan fingerprint density at radius 3 is 2.38 bits per heavy atom. The van der Waals surface area contributed by atoms with E-state index in [1.807, 2.05) is 6.07 Å². The summed E-state index contributed by atoms with van der Waals surface area (Å²) >= 11 is 0. The predicted molar refractivity (Wildman–Crippen MR) is 183 cm³/mol. The Hall–Kier alpha value is -4.47. The van der Waals surface area contributed by atoms with E-state index >= 15 is 0 Å². The highest BCUT2D eigenvalue weighted by Crippen LogP contribution is 2.46. The highest BCUT2D eigenvalue weighted by atomic mass is 16.2. The number of piperidine rings is 1. The lowest BCUT2D eigenvalue weighted by atomic mass is 9.80. The zero-order chi connectivity index (χ0) is 32.9. The van der Waals surface area contributed by atoms with E-state index in [1.54, 1.807) is 12.1 Å². The van der Waals surface area contributed by atoms with E-state index in [0.29, 0.717) is 35.0 Å². The summed E-state index contributed by atoms with van der Waals surface area (Å²) in [6, 6.07) is 14.0. The standard InChI is InChI=1S/C38H44N6O4/c1-2-22-6-10-26(11-7-22)40-28-5-3-4-25(18-28)32-21-43(42-35(32)24-8-9-24)29-16-23(17-29)20-39-27-12-13-30-31(19-27)38(48)44(37(30)47)33-14-15-34(45)41-36(33)46/h3-5,12-13,18-19,21-24,26,29,33,39-40H,2,6-11,14-17,20H2,1H3,(H,41,45,46). The maximum Gasteiger partial charge on any atom is 0.262 e. The van der Waals surface area contributed by atoms with Crippen LogP contribution in [0.2, 0.25) is 0 Å². The summed E-state index contributed by atoms with van der Waals surface area (Å²) in [5.41, 5.74) is 6.31. The molecule has 1 saturated heterocycles. The van der Waals surface area contributed by atoms with E-state index in [9.17, 15) is 19.2 Å². The van der Waals surface area contributed by atoms with Gasteiger partial charge in [0.25, 0.3) is 11.8 Å². The first-order valence-electron chi connectivity index (χ1n) is 17.9. The highest BCUT2D eigenvalue weighted by molar-refractivity contribution is 6.23. The summed E-state index contributed by atoms with van der Waals surface area (Å²) < 4.78 is 2.20. The fraction of sp³-hybridized carbons (Fsp3) is 0.500. The number of imide groups is 2. The molecule has 250 valence electrons. The lowest BCUT2D eigenvalue weighted by Crippen LogP contribution is -2.54. The zero-order valence-corrected chi connectivity index (χ0v) is 27.5. The van der Waals surface area contributed by atoms with Crippen LogP contribution in [-0.2, 0) is 9.59 Å². The van der Waals surface area contributed by atoms with Crippen LogP contribution in [0.5, 0.6) is 0 Å². The lowest BCUT2D eigenvalue weighted by Gasteiger charge is -2.35. The van der Waals surface area contributed by atoms with Crippen LogP contribution >= 0.6 is 0 Å². The maximum absolute atomic E-state index is 13.2. The molecule has 3 saturated carbocycles. The molecule has 4 amide bonds. The monoisotopic (exact) mass is 648 g/mol. The van der Waals surface area contributed by atoms with Gasteiger partial charge in [0.05, 0.1) is 22.9 Å². The third kappa shape index (κ3) is 5.90. The van der Waals surface area contributed by atoms with Gasteiger partial charge in [-0.15, -0.1) is 0 Å². The number of carbonyl (C=O) groups is 4. The van der Waals surface area contributed by atoms with Crippen LogP contribution in [0, 0.1) is 11.8 Å². The Morgan fingerprint density at radius 1 is 0.833 bits per heavy atom. The van der Waals surface area contributed by atoms with Crippen LogP contribution in [0.4, 0.5) is 11.4 Å². The summed E-state index contributed by atoms with van der Waals surface area (Å²) in [6.45, 7) is 3.07. The normalized spacial score (nSPS) is 27.0. The van der Waals surface area contributed by atoms with Crippen LogP contribution in [-0.4, -0.2) is 56.9 Å². The molecule has 0 bridgehead atoms. The number of carbonyl (C=O) groups excluding carboxylic acids is 4. The summed E-state index contributed by atoms with van der Waals surface area (Å²) in [6.07, 6.45) is 13.4. The van der Waals surface area contributed by atoms with Crippen LogP contribution in [0.25, 0.3) is 11.1 Å². The second kappa shape index (κ2) is 12.5. The van der Waals surface area contributed by atoms with Gasteiger partial charge in [0.15, 0.2) is 0 Å². The third-order valence-electron chi connectivity index (χ3n) is 11.3. The molecule has 0 spiro atoms. The Balaban J connectivity index is 0.886. The van der Waals surface area contributed by atoms with Crippen molar-refractivity contribution in [2.75, 3.05) is 17.2 Å². The molecule has 48 heavy (non-hydrogen) atoms. The molecule has 1 aromatic heterocycles. The van der Waals surface area contributed by atoms with Gasteiger partial charge in [-0.3, -0.25) is 34.1 Å². The summed E-state index contributed by atoms with van der Waals surface area (Å²) in [4.78, 5) is 51.2. The highest BCUT2D eigenvalue weighted by Gasteiger charge is 2.44. The van der Waals surface area contributed by atoms with E-state index in [0.717, 1.165) is 35.9 Å². The van der Waals surface area contributed by atoms with Crippen molar-refractivity contribution >= 4 is 35.0 Å². The Bertz CT molecular complexity index is 1760. The predicted octanol–water partition coefficient (Wildman–Crippen LogP) is 6.27. The molecule has 2 aliphatic heterocycles. The first-order chi connectivity index (χ1) is 23.3. The molecule has 3 heterocycles. The molecular weight excluding hydrogens is 604 g/mol. The molecule has 3 aromatic rings. The summed E-state index contributed by atoms with van der Waals surface area (Å²) in [5.74, 6) is -0.0471. The maximum atomic E-state index is 13.2. The van der Waals surface area contributed by atoms with Crippen LogP contribution in [0.1, 0.15) is 116 Å². The molecule has 10 nitrogen and oxygen atoms in total.